The second-order valence-corrected chi connectivity index (χ2v) is 5.21. The Bertz CT molecular complexity index is 798. The van der Waals surface area contributed by atoms with Gasteiger partial charge in [0.2, 0.25) is 0 Å². The molecule has 0 spiro atoms. The first kappa shape index (κ1) is 14.3. The molecule has 7 heteroatoms. The first-order valence-corrected chi connectivity index (χ1v) is 7.13. The lowest BCUT2D eigenvalue weighted by molar-refractivity contribution is -0.384. The Kier molecular flexibility index (Phi) is 3.93. The van der Waals surface area contributed by atoms with Gasteiger partial charge in [-0.05, 0) is 18.2 Å². The number of nitrogens with zero attached hydrogens (tertiary/aromatic N) is 2. The monoisotopic (exact) mass is 316 g/mol. The summed E-state index contributed by atoms with van der Waals surface area (Å²) in [5, 5.41) is 14.2. The van der Waals surface area contributed by atoms with Crippen LogP contribution in [0.5, 0.6) is 0 Å². The average molecular weight is 317 g/mol. The molecule has 2 N–H and O–H groups in total. The number of aromatic amines is 1. The number of nitro groups is 1. The number of benzene rings is 2. The van der Waals surface area contributed by atoms with Crippen molar-refractivity contribution in [1.29, 1.82) is 0 Å². The van der Waals surface area contributed by atoms with Crippen molar-refractivity contribution in [2.24, 2.45) is 0 Å². The molecule has 0 bridgehead atoms. The van der Waals surface area contributed by atoms with Crippen LogP contribution in [0, 0.1) is 10.1 Å². The van der Waals surface area contributed by atoms with E-state index >= 15 is 0 Å². The van der Waals surface area contributed by atoms with Crippen LogP contribution in [-0.4, -0.2) is 21.4 Å². The summed E-state index contributed by atoms with van der Waals surface area (Å²) in [6.45, 7) is 0.622. The van der Waals surface area contributed by atoms with E-state index in [2.05, 4.69) is 15.3 Å². The molecule has 1 aromatic heterocycles. The number of halogens is 1. The summed E-state index contributed by atoms with van der Waals surface area (Å²) in [4.78, 5) is 17.9. The highest BCUT2D eigenvalue weighted by atomic mass is 35.5. The molecule has 1 heterocycles. The standard InChI is InChI=1S/C15H13ClN4O2/c16-11-9-10(20(21)22)5-6-12(11)17-8-7-15-18-13-3-1-2-4-14(13)19-15/h1-6,9,17H,7-8H2,(H,18,19). The Morgan fingerprint density at radius 3 is 2.82 bits per heavy atom. The van der Waals surface area contributed by atoms with E-state index in [4.69, 9.17) is 11.6 Å². The molecule has 112 valence electrons. The fourth-order valence-electron chi connectivity index (χ4n) is 2.20. The Morgan fingerprint density at radius 2 is 2.09 bits per heavy atom. The SMILES string of the molecule is O=[N+]([O-])c1ccc(NCCc2nc3ccccc3[nH]2)c(Cl)c1. The first-order valence-electron chi connectivity index (χ1n) is 6.75. The van der Waals surface area contributed by atoms with Gasteiger partial charge in [0.05, 0.1) is 26.7 Å². The number of nitrogens with one attached hydrogen (secondary N) is 2. The zero-order valence-electron chi connectivity index (χ0n) is 11.5. The van der Waals surface area contributed by atoms with E-state index in [0.29, 0.717) is 23.7 Å². The summed E-state index contributed by atoms with van der Waals surface area (Å²) in [7, 11) is 0. The Labute approximate surface area is 131 Å². The molecule has 0 amide bonds. The molecule has 0 atom stereocenters. The maximum Gasteiger partial charge on any atom is 0.271 e. The van der Waals surface area contributed by atoms with Gasteiger partial charge in [0.25, 0.3) is 5.69 Å². The van der Waals surface area contributed by atoms with Gasteiger partial charge < -0.3 is 10.3 Å². The molecule has 0 saturated heterocycles. The van der Waals surface area contributed by atoms with Crippen LogP contribution in [0.3, 0.4) is 0 Å². The van der Waals surface area contributed by atoms with Crippen LogP contribution in [0.1, 0.15) is 5.82 Å². The summed E-state index contributed by atoms with van der Waals surface area (Å²) >= 11 is 6.03. The predicted octanol–water partition coefficient (Wildman–Crippen LogP) is 3.78. The summed E-state index contributed by atoms with van der Waals surface area (Å²) in [6, 6.07) is 12.2. The van der Waals surface area contributed by atoms with Crippen LogP contribution in [0.2, 0.25) is 5.02 Å². The Balaban J connectivity index is 1.64. The molecular weight excluding hydrogens is 304 g/mol. The number of nitro benzene ring substituents is 1. The van der Waals surface area contributed by atoms with Crippen molar-refractivity contribution < 1.29 is 4.92 Å². The number of fused-ring (bicyclic) bond motifs is 1. The van der Waals surface area contributed by atoms with Crippen molar-refractivity contribution in [3.05, 3.63) is 63.4 Å². The number of rotatable bonds is 5. The van der Waals surface area contributed by atoms with E-state index in [0.717, 1.165) is 16.9 Å². The molecule has 0 radical (unpaired) electrons. The molecule has 3 aromatic rings. The maximum absolute atomic E-state index is 10.7. The zero-order valence-corrected chi connectivity index (χ0v) is 12.3. The molecule has 0 aliphatic heterocycles. The largest absolute Gasteiger partial charge is 0.383 e. The van der Waals surface area contributed by atoms with Gasteiger partial charge in [-0.3, -0.25) is 10.1 Å². The Hall–Kier alpha value is -2.60. The van der Waals surface area contributed by atoms with E-state index in [1.807, 2.05) is 24.3 Å². The molecule has 6 nitrogen and oxygen atoms in total. The van der Waals surface area contributed by atoms with Gasteiger partial charge in [0, 0.05) is 25.1 Å². The zero-order chi connectivity index (χ0) is 15.5. The van der Waals surface area contributed by atoms with Crippen LogP contribution < -0.4 is 5.32 Å². The van der Waals surface area contributed by atoms with Crippen molar-refractivity contribution >= 4 is 34.0 Å². The molecule has 3 rings (SSSR count). The van der Waals surface area contributed by atoms with Crippen LogP contribution in [0.15, 0.2) is 42.5 Å². The minimum Gasteiger partial charge on any atom is -0.383 e. The third kappa shape index (κ3) is 3.01. The molecule has 2 aromatic carbocycles. The third-order valence-electron chi connectivity index (χ3n) is 3.28. The maximum atomic E-state index is 10.7. The highest BCUT2D eigenvalue weighted by molar-refractivity contribution is 6.33. The smallest absolute Gasteiger partial charge is 0.271 e. The molecule has 0 aliphatic rings. The van der Waals surface area contributed by atoms with E-state index in [1.54, 1.807) is 6.07 Å². The van der Waals surface area contributed by atoms with Crippen LogP contribution in [0.4, 0.5) is 11.4 Å². The molecular formula is C15H13ClN4O2. The second-order valence-electron chi connectivity index (χ2n) is 4.80. The summed E-state index contributed by atoms with van der Waals surface area (Å²) in [6.07, 6.45) is 0.696. The first-order chi connectivity index (χ1) is 10.6. The van der Waals surface area contributed by atoms with Gasteiger partial charge in [-0.25, -0.2) is 4.98 Å². The van der Waals surface area contributed by atoms with Gasteiger partial charge >= 0.3 is 0 Å². The number of imidazole rings is 1. The van der Waals surface area contributed by atoms with Crippen molar-refractivity contribution in [2.75, 3.05) is 11.9 Å². The van der Waals surface area contributed by atoms with Crippen LogP contribution in [-0.2, 0) is 6.42 Å². The third-order valence-corrected chi connectivity index (χ3v) is 3.59. The van der Waals surface area contributed by atoms with E-state index in [-0.39, 0.29) is 5.69 Å². The van der Waals surface area contributed by atoms with E-state index in [9.17, 15) is 10.1 Å². The van der Waals surface area contributed by atoms with E-state index < -0.39 is 4.92 Å². The molecule has 0 aliphatic carbocycles. The summed E-state index contributed by atoms with van der Waals surface area (Å²) in [5.41, 5.74) is 2.59. The minimum atomic E-state index is -0.468. The fourth-order valence-corrected chi connectivity index (χ4v) is 2.44. The number of H-pyrrole nitrogens is 1. The van der Waals surface area contributed by atoms with Gasteiger partial charge in [0.1, 0.15) is 5.82 Å². The van der Waals surface area contributed by atoms with Crippen LogP contribution in [0.25, 0.3) is 11.0 Å². The molecule has 0 fully saturated rings. The normalized spacial score (nSPS) is 10.8. The Morgan fingerprint density at radius 1 is 1.27 bits per heavy atom. The van der Waals surface area contributed by atoms with Crippen molar-refractivity contribution in [1.82, 2.24) is 9.97 Å². The highest BCUT2D eigenvalue weighted by Gasteiger charge is 2.09. The number of aromatic nitrogens is 2. The summed E-state index contributed by atoms with van der Waals surface area (Å²) in [5.74, 6) is 0.881. The van der Waals surface area contributed by atoms with Crippen molar-refractivity contribution in [2.45, 2.75) is 6.42 Å². The van der Waals surface area contributed by atoms with Gasteiger partial charge in [-0.15, -0.1) is 0 Å². The van der Waals surface area contributed by atoms with Gasteiger partial charge in [-0.1, -0.05) is 23.7 Å². The topological polar surface area (TPSA) is 83.8 Å². The fraction of sp³-hybridized carbons (Fsp3) is 0.133. The average Bonchev–Trinajstić information content (AvgIpc) is 2.91. The van der Waals surface area contributed by atoms with Crippen molar-refractivity contribution in [3.63, 3.8) is 0 Å². The quantitative estimate of drug-likeness (QED) is 0.554. The molecule has 0 saturated carbocycles. The number of para-hydroxylation sites is 2. The number of anilines is 1. The molecule has 0 unspecified atom stereocenters. The lowest BCUT2D eigenvalue weighted by Gasteiger charge is -2.07. The number of non-ortho nitro benzene ring substituents is 1. The second kappa shape index (κ2) is 6.03. The molecule has 22 heavy (non-hydrogen) atoms. The van der Waals surface area contributed by atoms with Gasteiger partial charge in [-0.2, -0.15) is 0 Å². The van der Waals surface area contributed by atoms with Crippen molar-refractivity contribution in [3.8, 4) is 0 Å². The lowest BCUT2D eigenvalue weighted by atomic mass is 10.2. The van der Waals surface area contributed by atoms with Crippen LogP contribution >= 0.6 is 11.6 Å². The predicted molar refractivity (Wildman–Crippen MR) is 86.4 cm³/mol. The lowest BCUT2D eigenvalue weighted by Crippen LogP contribution is -2.06. The number of hydrogen-bond donors (Lipinski definition) is 2. The highest BCUT2D eigenvalue weighted by Crippen LogP contribution is 2.26. The van der Waals surface area contributed by atoms with E-state index in [1.165, 1.54) is 12.1 Å². The number of hydrogen-bond acceptors (Lipinski definition) is 4. The van der Waals surface area contributed by atoms with Gasteiger partial charge in [0.15, 0.2) is 0 Å². The summed E-state index contributed by atoms with van der Waals surface area (Å²) < 4.78 is 0. The minimum absolute atomic E-state index is 0.0205.